The maximum absolute atomic E-state index is 11.9. The second kappa shape index (κ2) is 16.5. The lowest BCUT2D eigenvalue weighted by atomic mass is 9.98. The van der Waals surface area contributed by atoms with Gasteiger partial charge in [-0.15, -0.1) is 0 Å². The molecule has 1 unspecified atom stereocenters. The second-order valence-electron chi connectivity index (χ2n) is 8.79. The molecule has 0 radical (unpaired) electrons. The van der Waals surface area contributed by atoms with Crippen molar-refractivity contribution in [1.82, 2.24) is 0 Å². The Balaban J connectivity index is 2.88. The van der Waals surface area contributed by atoms with Crippen molar-refractivity contribution in [2.24, 2.45) is 0 Å². The third kappa shape index (κ3) is 11.9. The summed E-state index contributed by atoms with van der Waals surface area (Å²) < 4.78 is 39.5. The van der Waals surface area contributed by atoms with Gasteiger partial charge in [0, 0.05) is 6.42 Å². The lowest BCUT2D eigenvalue weighted by molar-refractivity contribution is 0.241. The van der Waals surface area contributed by atoms with Gasteiger partial charge in [0.2, 0.25) is 5.44 Å². The van der Waals surface area contributed by atoms with Gasteiger partial charge in [0.25, 0.3) is 0 Å². The predicted octanol–water partition coefficient (Wildman–Crippen LogP) is 7.89. The fraction of sp³-hybridized carbons (Fsp3) is 0.769. The summed E-state index contributed by atoms with van der Waals surface area (Å²) in [6.45, 7) is 6.35. The van der Waals surface area contributed by atoms with Crippen LogP contribution in [-0.4, -0.2) is 18.4 Å². The number of hydrogen-bond donors (Lipinski definition) is 1. The molecule has 1 atom stereocenters. The molecule has 1 rings (SSSR count). The summed E-state index contributed by atoms with van der Waals surface area (Å²) in [5.41, 5.74) is 0.957. The van der Waals surface area contributed by atoms with E-state index in [1.807, 2.05) is 6.92 Å². The van der Waals surface area contributed by atoms with E-state index in [0.29, 0.717) is 18.6 Å². The van der Waals surface area contributed by atoms with Crippen LogP contribution in [0.15, 0.2) is 18.2 Å². The zero-order valence-corrected chi connectivity index (χ0v) is 21.0. The summed E-state index contributed by atoms with van der Waals surface area (Å²) >= 11 is 0. The SMILES string of the molecule is CCCCCCCCc1cccc(CCCCCCCC)c1OC(CCC)S(=O)(=O)O. The summed E-state index contributed by atoms with van der Waals surface area (Å²) in [6, 6.07) is 6.17. The highest BCUT2D eigenvalue weighted by atomic mass is 32.2. The van der Waals surface area contributed by atoms with Gasteiger partial charge in [0.05, 0.1) is 0 Å². The van der Waals surface area contributed by atoms with Gasteiger partial charge >= 0.3 is 10.1 Å². The van der Waals surface area contributed by atoms with Gasteiger partial charge in [-0.25, -0.2) is 0 Å². The van der Waals surface area contributed by atoms with E-state index >= 15 is 0 Å². The van der Waals surface area contributed by atoms with E-state index < -0.39 is 15.6 Å². The van der Waals surface area contributed by atoms with Crippen molar-refractivity contribution < 1.29 is 17.7 Å². The summed E-state index contributed by atoms with van der Waals surface area (Å²) in [4.78, 5) is 0. The maximum atomic E-state index is 11.9. The van der Waals surface area contributed by atoms with Crippen LogP contribution in [0.25, 0.3) is 0 Å². The van der Waals surface area contributed by atoms with Crippen LogP contribution in [0.2, 0.25) is 0 Å². The first-order valence-corrected chi connectivity index (χ1v) is 14.2. The minimum Gasteiger partial charge on any atom is -0.471 e. The molecule has 180 valence electrons. The van der Waals surface area contributed by atoms with E-state index in [0.717, 1.165) is 36.8 Å². The first-order valence-electron chi connectivity index (χ1n) is 12.7. The van der Waals surface area contributed by atoms with Crippen LogP contribution < -0.4 is 4.74 Å². The van der Waals surface area contributed by atoms with Gasteiger partial charge in [-0.2, -0.15) is 8.42 Å². The van der Waals surface area contributed by atoms with Gasteiger partial charge < -0.3 is 4.74 Å². The molecular weight excluding hydrogens is 408 g/mol. The minimum absolute atomic E-state index is 0.292. The molecule has 0 heterocycles. The minimum atomic E-state index is -4.25. The summed E-state index contributed by atoms with van der Waals surface area (Å²) in [7, 11) is -4.25. The molecule has 1 aromatic carbocycles. The predicted molar refractivity (Wildman–Crippen MR) is 131 cm³/mol. The van der Waals surface area contributed by atoms with E-state index in [1.54, 1.807) is 0 Å². The molecule has 0 aliphatic carbocycles. The Morgan fingerprint density at radius 3 is 1.61 bits per heavy atom. The number of ether oxygens (including phenoxy) is 1. The molecule has 0 amide bonds. The van der Waals surface area contributed by atoms with Gasteiger partial charge in [0.15, 0.2) is 0 Å². The van der Waals surface area contributed by atoms with Gasteiger partial charge in [-0.1, -0.05) is 110 Å². The number of aryl methyl sites for hydroxylation is 2. The molecule has 0 bridgehead atoms. The number of unbranched alkanes of at least 4 members (excludes halogenated alkanes) is 10. The topological polar surface area (TPSA) is 63.6 Å². The highest BCUT2D eigenvalue weighted by molar-refractivity contribution is 7.86. The van der Waals surface area contributed by atoms with Crippen LogP contribution in [0.5, 0.6) is 5.75 Å². The van der Waals surface area contributed by atoms with E-state index in [2.05, 4.69) is 32.0 Å². The largest absolute Gasteiger partial charge is 0.471 e. The van der Waals surface area contributed by atoms with Crippen molar-refractivity contribution in [2.75, 3.05) is 0 Å². The molecule has 0 fully saturated rings. The normalized spacial score (nSPS) is 12.8. The standard InChI is InChI=1S/C26H46O4S/c1-4-7-9-11-13-15-19-23-21-17-22-24(20-16-14-12-10-8-5-2)26(23)30-25(18-6-3)31(27,28)29/h17,21-22,25H,4-16,18-20H2,1-3H3,(H,27,28,29). The summed E-state index contributed by atoms with van der Waals surface area (Å²) in [6.07, 6.45) is 17.3. The van der Waals surface area contributed by atoms with Crippen molar-refractivity contribution in [3.8, 4) is 5.75 Å². The number of benzene rings is 1. The van der Waals surface area contributed by atoms with Crippen LogP contribution >= 0.6 is 0 Å². The Bertz CT molecular complexity index is 650. The van der Waals surface area contributed by atoms with Gasteiger partial charge in [0.1, 0.15) is 5.75 Å². The molecule has 5 heteroatoms. The molecule has 1 N–H and O–H groups in total. The fourth-order valence-electron chi connectivity index (χ4n) is 4.01. The molecule has 0 saturated heterocycles. The third-order valence-electron chi connectivity index (χ3n) is 5.88. The highest BCUT2D eigenvalue weighted by Crippen LogP contribution is 2.30. The van der Waals surface area contributed by atoms with Gasteiger partial charge in [-0.3, -0.25) is 4.55 Å². The lowest BCUT2D eigenvalue weighted by Crippen LogP contribution is -2.27. The van der Waals surface area contributed by atoms with Crippen LogP contribution in [0, 0.1) is 0 Å². The fourth-order valence-corrected chi connectivity index (χ4v) is 4.76. The molecule has 31 heavy (non-hydrogen) atoms. The molecule has 4 nitrogen and oxygen atoms in total. The molecular formula is C26H46O4S. The molecule has 0 aliphatic heterocycles. The average molecular weight is 455 g/mol. The number of hydrogen-bond acceptors (Lipinski definition) is 3. The van der Waals surface area contributed by atoms with Crippen LogP contribution in [0.4, 0.5) is 0 Å². The smallest absolute Gasteiger partial charge is 0.303 e. The zero-order valence-electron chi connectivity index (χ0n) is 20.2. The molecule has 0 aliphatic rings. The Morgan fingerprint density at radius 1 is 0.742 bits per heavy atom. The Kier molecular flexibility index (Phi) is 14.9. The van der Waals surface area contributed by atoms with E-state index in [1.165, 1.54) is 64.2 Å². The van der Waals surface area contributed by atoms with Crippen molar-refractivity contribution in [3.63, 3.8) is 0 Å². The van der Waals surface area contributed by atoms with Crippen LogP contribution in [-0.2, 0) is 23.0 Å². The first-order chi connectivity index (χ1) is 14.9. The second-order valence-corrected chi connectivity index (χ2v) is 10.3. The average Bonchev–Trinajstić information content (AvgIpc) is 2.73. The van der Waals surface area contributed by atoms with Gasteiger partial charge in [-0.05, 0) is 36.8 Å². The third-order valence-corrected chi connectivity index (χ3v) is 6.88. The lowest BCUT2D eigenvalue weighted by Gasteiger charge is -2.21. The Labute approximate surface area is 191 Å². The monoisotopic (exact) mass is 454 g/mol. The molecule has 0 saturated carbocycles. The summed E-state index contributed by atoms with van der Waals surface area (Å²) in [5, 5.41) is 0. The van der Waals surface area contributed by atoms with Crippen LogP contribution in [0.3, 0.4) is 0 Å². The highest BCUT2D eigenvalue weighted by Gasteiger charge is 2.26. The van der Waals surface area contributed by atoms with E-state index in [-0.39, 0.29) is 0 Å². The van der Waals surface area contributed by atoms with Crippen molar-refractivity contribution >= 4 is 10.1 Å². The Morgan fingerprint density at radius 2 is 1.19 bits per heavy atom. The molecule has 0 spiro atoms. The van der Waals surface area contributed by atoms with E-state index in [4.69, 9.17) is 4.74 Å². The first kappa shape index (κ1) is 28.0. The van der Waals surface area contributed by atoms with E-state index in [9.17, 15) is 13.0 Å². The maximum Gasteiger partial charge on any atom is 0.303 e. The molecule has 0 aromatic heterocycles. The zero-order chi connectivity index (χ0) is 23.0. The molecule has 1 aromatic rings. The van der Waals surface area contributed by atoms with Crippen molar-refractivity contribution in [2.45, 2.75) is 129 Å². The van der Waals surface area contributed by atoms with Crippen LogP contribution in [0.1, 0.15) is 122 Å². The van der Waals surface area contributed by atoms with Crippen molar-refractivity contribution in [1.29, 1.82) is 0 Å². The quantitative estimate of drug-likeness (QED) is 0.170. The number of rotatable bonds is 19. The number of para-hydroxylation sites is 1. The Hall–Kier alpha value is -1.07. The van der Waals surface area contributed by atoms with Crippen molar-refractivity contribution in [3.05, 3.63) is 29.3 Å². The summed E-state index contributed by atoms with van der Waals surface area (Å²) in [5.74, 6) is 0.695.